The van der Waals surface area contributed by atoms with Crippen LogP contribution in [0.2, 0.25) is 0 Å². The number of nitrogens with zero attached hydrogens (tertiary/aromatic N) is 3. The highest BCUT2D eigenvalue weighted by Gasteiger charge is 2.14. The predicted molar refractivity (Wildman–Crippen MR) is 75.8 cm³/mol. The lowest BCUT2D eigenvalue weighted by Gasteiger charge is -2.07. The number of rotatable bonds is 4. The fraction of sp³-hybridized carbons (Fsp3) is 0.357. The highest BCUT2D eigenvalue weighted by molar-refractivity contribution is 5.95. The maximum Gasteiger partial charge on any atom is 0.340 e. The van der Waals surface area contributed by atoms with E-state index in [-0.39, 0.29) is 0 Å². The maximum atomic E-state index is 11.8. The van der Waals surface area contributed by atoms with Gasteiger partial charge in [0.1, 0.15) is 0 Å². The van der Waals surface area contributed by atoms with Gasteiger partial charge in [-0.2, -0.15) is 5.10 Å². The highest BCUT2D eigenvalue weighted by Crippen LogP contribution is 2.17. The van der Waals surface area contributed by atoms with Gasteiger partial charge in [-0.1, -0.05) is 13.8 Å². The summed E-state index contributed by atoms with van der Waals surface area (Å²) in [6.07, 6.45) is 3.25. The first kappa shape index (κ1) is 14.0. The lowest BCUT2D eigenvalue weighted by molar-refractivity contribution is 0.0527. The number of carbonyl (C=O) groups is 1. The van der Waals surface area contributed by atoms with Crippen molar-refractivity contribution in [3.05, 3.63) is 35.8 Å². The van der Waals surface area contributed by atoms with Gasteiger partial charge in [0, 0.05) is 6.20 Å². The van der Waals surface area contributed by atoms with Crippen molar-refractivity contribution in [2.45, 2.75) is 26.7 Å². The van der Waals surface area contributed by atoms with E-state index in [0.717, 1.165) is 5.69 Å². The zero-order valence-corrected chi connectivity index (χ0v) is 11.8. The van der Waals surface area contributed by atoms with Crippen molar-refractivity contribution >= 4 is 11.7 Å². The third-order valence-corrected chi connectivity index (χ3v) is 2.85. The van der Waals surface area contributed by atoms with E-state index < -0.39 is 5.97 Å². The molecule has 0 saturated heterocycles. The summed E-state index contributed by atoms with van der Waals surface area (Å²) in [7, 11) is 0. The van der Waals surface area contributed by atoms with E-state index in [9.17, 15) is 4.79 Å². The van der Waals surface area contributed by atoms with E-state index in [2.05, 4.69) is 23.9 Å². The molecular formula is C14H18N4O2. The van der Waals surface area contributed by atoms with Gasteiger partial charge in [-0.05, 0) is 25.0 Å². The molecule has 2 aromatic rings. The van der Waals surface area contributed by atoms with Crippen LogP contribution < -0.4 is 5.73 Å². The molecule has 2 heterocycles. The van der Waals surface area contributed by atoms with Crippen LogP contribution in [0, 0.1) is 0 Å². The normalized spacial score (nSPS) is 10.8. The third-order valence-electron chi connectivity index (χ3n) is 2.85. The number of nitrogen functional groups attached to an aromatic ring is 1. The van der Waals surface area contributed by atoms with Crippen LogP contribution >= 0.6 is 0 Å². The first-order valence-corrected chi connectivity index (χ1v) is 6.51. The number of aromatic nitrogens is 3. The highest BCUT2D eigenvalue weighted by atomic mass is 16.5. The molecule has 0 aromatic carbocycles. The molecule has 0 spiro atoms. The van der Waals surface area contributed by atoms with Crippen molar-refractivity contribution in [2.75, 3.05) is 12.3 Å². The van der Waals surface area contributed by atoms with Crippen LogP contribution in [0.4, 0.5) is 5.69 Å². The molecule has 2 N–H and O–H groups in total. The monoisotopic (exact) mass is 274 g/mol. The largest absolute Gasteiger partial charge is 0.462 e. The van der Waals surface area contributed by atoms with Crippen molar-refractivity contribution in [2.24, 2.45) is 0 Å². The Morgan fingerprint density at radius 2 is 2.25 bits per heavy atom. The first-order chi connectivity index (χ1) is 9.52. The van der Waals surface area contributed by atoms with E-state index in [1.807, 2.05) is 12.3 Å². The number of hydrogen-bond acceptors (Lipinski definition) is 5. The minimum atomic E-state index is -0.454. The smallest absolute Gasteiger partial charge is 0.340 e. The topological polar surface area (TPSA) is 83.0 Å². The van der Waals surface area contributed by atoms with E-state index in [1.54, 1.807) is 17.7 Å². The van der Waals surface area contributed by atoms with Gasteiger partial charge in [0.05, 0.1) is 29.7 Å². The summed E-state index contributed by atoms with van der Waals surface area (Å²) in [5.41, 5.74) is 7.32. The Morgan fingerprint density at radius 1 is 1.50 bits per heavy atom. The van der Waals surface area contributed by atoms with Crippen molar-refractivity contribution in [3.63, 3.8) is 0 Å². The van der Waals surface area contributed by atoms with Crippen molar-refractivity contribution in [1.29, 1.82) is 0 Å². The van der Waals surface area contributed by atoms with Crippen LogP contribution in [0.1, 0.15) is 42.7 Å². The molecule has 6 nitrogen and oxygen atoms in total. The lowest BCUT2D eigenvalue weighted by Crippen LogP contribution is -2.10. The molecule has 0 fully saturated rings. The summed E-state index contributed by atoms with van der Waals surface area (Å²) in [6.45, 7) is 6.17. The van der Waals surface area contributed by atoms with Gasteiger partial charge >= 0.3 is 5.97 Å². The zero-order chi connectivity index (χ0) is 14.7. The van der Waals surface area contributed by atoms with Crippen molar-refractivity contribution < 1.29 is 9.53 Å². The van der Waals surface area contributed by atoms with E-state index >= 15 is 0 Å². The van der Waals surface area contributed by atoms with Gasteiger partial charge in [0.15, 0.2) is 5.82 Å². The molecule has 0 bridgehead atoms. The minimum absolute atomic E-state index is 0.295. The van der Waals surface area contributed by atoms with Crippen molar-refractivity contribution in [1.82, 2.24) is 14.8 Å². The fourth-order valence-corrected chi connectivity index (χ4v) is 1.74. The second-order valence-electron chi connectivity index (χ2n) is 4.69. The number of pyridine rings is 1. The molecule has 0 amide bonds. The SMILES string of the molecule is CCOC(=O)c1cc(-n2ccc(C(C)C)n2)ncc1N. The van der Waals surface area contributed by atoms with Crippen LogP contribution in [0.15, 0.2) is 24.5 Å². The van der Waals surface area contributed by atoms with E-state index in [4.69, 9.17) is 10.5 Å². The van der Waals surface area contributed by atoms with E-state index in [1.165, 1.54) is 6.20 Å². The Balaban J connectivity index is 2.37. The molecule has 0 aliphatic carbocycles. The summed E-state index contributed by atoms with van der Waals surface area (Å²) >= 11 is 0. The van der Waals surface area contributed by atoms with Crippen LogP contribution in [0.3, 0.4) is 0 Å². The van der Waals surface area contributed by atoms with Crippen LogP contribution in [0.5, 0.6) is 0 Å². The molecule has 2 aromatic heterocycles. The predicted octanol–water partition coefficient (Wildman–Crippen LogP) is 2.15. The average Bonchev–Trinajstić information content (AvgIpc) is 2.89. The Kier molecular flexibility index (Phi) is 4.02. The van der Waals surface area contributed by atoms with Gasteiger partial charge in [-0.25, -0.2) is 14.5 Å². The maximum absolute atomic E-state index is 11.8. The Bertz CT molecular complexity index is 619. The van der Waals surface area contributed by atoms with Crippen molar-refractivity contribution in [3.8, 4) is 5.82 Å². The number of anilines is 1. The Hall–Kier alpha value is -2.37. The summed E-state index contributed by atoms with van der Waals surface area (Å²) in [5, 5.41) is 4.42. The van der Waals surface area contributed by atoms with Gasteiger partial charge in [0.2, 0.25) is 0 Å². The molecular weight excluding hydrogens is 256 g/mol. The molecule has 106 valence electrons. The summed E-state index contributed by atoms with van der Waals surface area (Å²) in [5.74, 6) is 0.411. The number of esters is 1. The molecule has 0 aliphatic heterocycles. The molecule has 2 rings (SSSR count). The van der Waals surface area contributed by atoms with Crippen LogP contribution in [-0.4, -0.2) is 27.3 Å². The second kappa shape index (κ2) is 5.73. The van der Waals surface area contributed by atoms with E-state index in [0.29, 0.717) is 29.6 Å². The summed E-state index contributed by atoms with van der Waals surface area (Å²) in [4.78, 5) is 16.0. The van der Waals surface area contributed by atoms with Crippen LogP contribution in [0.25, 0.3) is 5.82 Å². The lowest BCUT2D eigenvalue weighted by atomic mass is 10.1. The minimum Gasteiger partial charge on any atom is -0.462 e. The standard InChI is InChI=1S/C14H18N4O2/c1-4-20-14(19)10-7-13(16-8-11(10)15)18-6-5-12(17-18)9(2)3/h5-9H,4,15H2,1-3H3. The van der Waals surface area contributed by atoms with Gasteiger partial charge < -0.3 is 10.5 Å². The summed E-state index contributed by atoms with van der Waals surface area (Å²) in [6, 6.07) is 3.51. The number of ether oxygens (including phenoxy) is 1. The first-order valence-electron chi connectivity index (χ1n) is 6.51. The van der Waals surface area contributed by atoms with Gasteiger partial charge in [-0.3, -0.25) is 0 Å². The molecule has 0 saturated carbocycles. The molecule has 6 heteroatoms. The van der Waals surface area contributed by atoms with Gasteiger partial charge in [-0.15, -0.1) is 0 Å². The quantitative estimate of drug-likeness (QED) is 0.864. The Morgan fingerprint density at radius 3 is 2.85 bits per heavy atom. The Labute approximate surface area is 117 Å². The summed E-state index contributed by atoms with van der Waals surface area (Å²) < 4.78 is 6.59. The fourth-order valence-electron chi connectivity index (χ4n) is 1.74. The second-order valence-corrected chi connectivity index (χ2v) is 4.69. The number of nitrogens with two attached hydrogens (primary N) is 1. The molecule has 20 heavy (non-hydrogen) atoms. The van der Waals surface area contributed by atoms with Gasteiger partial charge in [0.25, 0.3) is 0 Å². The molecule has 0 aliphatic rings. The van der Waals surface area contributed by atoms with Crippen LogP contribution in [-0.2, 0) is 4.74 Å². The number of carbonyl (C=O) groups excluding carboxylic acids is 1. The molecule has 0 radical (unpaired) electrons. The molecule has 0 unspecified atom stereocenters. The average molecular weight is 274 g/mol. The molecule has 0 atom stereocenters. The zero-order valence-electron chi connectivity index (χ0n) is 11.8. The number of hydrogen-bond donors (Lipinski definition) is 1. The third kappa shape index (κ3) is 2.79.